The summed E-state index contributed by atoms with van der Waals surface area (Å²) in [4.78, 5) is 9.70. The van der Waals surface area contributed by atoms with Gasteiger partial charge in [0.25, 0.3) is 0 Å². The van der Waals surface area contributed by atoms with E-state index < -0.39 is 0 Å². The molecule has 0 amide bonds. The molecule has 0 bridgehead atoms. The zero-order valence-corrected chi connectivity index (χ0v) is 15.3. The van der Waals surface area contributed by atoms with Crippen LogP contribution in [0.3, 0.4) is 0 Å². The molecule has 130 valence electrons. The second kappa shape index (κ2) is 10.8. The number of ether oxygens (including phenoxy) is 1. The monoisotopic (exact) mass is 312 g/mol. The van der Waals surface area contributed by atoms with Gasteiger partial charge in [0.1, 0.15) is 0 Å². The van der Waals surface area contributed by atoms with Gasteiger partial charge in [-0.1, -0.05) is 27.2 Å². The molecule has 0 spiro atoms. The predicted molar refractivity (Wildman–Crippen MR) is 94.5 cm³/mol. The van der Waals surface area contributed by atoms with Crippen molar-refractivity contribution in [3.63, 3.8) is 0 Å². The van der Waals surface area contributed by atoms with Crippen LogP contribution in [0.2, 0.25) is 0 Å². The molecule has 1 unspecified atom stereocenters. The Morgan fingerprint density at radius 1 is 1.27 bits per heavy atom. The van der Waals surface area contributed by atoms with Crippen LogP contribution in [0, 0.1) is 5.92 Å². The van der Waals surface area contributed by atoms with Crippen LogP contribution in [0.25, 0.3) is 0 Å². The van der Waals surface area contributed by atoms with Gasteiger partial charge >= 0.3 is 0 Å². The fourth-order valence-corrected chi connectivity index (χ4v) is 2.81. The fraction of sp³-hybridized carbons (Fsp3) is 0.941. The van der Waals surface area contributed by atoms with Crippen molar-refractivity contribution in [3.8, 4) is 0 Å². The van der Waals surface area contributed by atoms with Crippen molar-refractivity contribution < 1.29 is 4.74 Å². The SMILES string of the molecule is CCCCN(C)C(=NCC(C(C)C)N1CCOCC1)NCC. The van der Waals surface area contributed by atoms with Crippen molar-refractivity contribution in [2.24, 2.45) is 10.9 Å². The Hall–Kier alpha value is -0.810. The van der Waals surface area contributed by atoms with Gasteiger partial charge in [-0.15, -0.1) is 0 Å². The van der Waals surface area contributed by atoms with E-state index in [2.05, 4.69) is 49.9 Å². The quantitative estimate of drug-likeness (QED) is 0.550. The van der Waals surface area contributed by atoms with Gasteiger partial charge in [0.15, 0.2) is 5.96 Å². The molecule has 5 nitrogen and oxygen atoms in total. The lowest BCUT2D eigenvalue weighted by molar-refractivity contribution is 0.00863. The van der Waals surface area contributed by atoms with E-state index in [0.29, 0.717) is 12.0 Å². The second-order valence-electron chi connectivity index (χ2n) is 6.43. The van der Waals surface area contributed by atoms with Crippen LogP contribution < -0.4 is 5.32 Å². The van der Waals surface area contributed by atoms with Gasteiger partial charge in [-0.25, -0.2) is 0 Å². The first-order valence-electron chi connectivity index (χ1n) is 8.91. The number of guanidine groups is 1. The summed E-state index contributed by atoms with van der Waals surface area (Å²) in [5, 5.41) is 3.42. The average Bonchev–Trinajstić information content (AvgIpc) is 2.52. The van der Waals surface area contributed by atoms with Crippen LogP contribution in [-0.2, 0) is 4.74 Å². The molecule has 1 aliphatic rings. The Morgan fingerprint density at radius 3 is 2.50 bits per heavy atom. The minimum absolute atomic E-state index is 0.497. The van der Waals surface area contributed by atoms with Gasteiger partial charge in [0, 0.05) is 39.3 Å². The average molecular weight is 313 g/mol. The Kier molecular flexibility index (Phi) is 9.48. The molecule has 0 saturated carbocycles. The molecule has 0 aliphatic carbocycles. The summed E-state index contributed by atoms with van der Waals surface area (Å²) < 4.78 is 5.48. The smallest absolute Gasteiger partial charge is 0.193 e. The molecular weight excluding hydrogens is 276 g/mol. The Balaban J connectivity index is 2.66. The van der Waals surface area contributed by atoms with Crippen LogP contribution in [-0.4, -0.2) is 74.8 Å². The third-order valence-electron chi connectivity index (χ3n) is 4.26. The summed E-state index contributed by atoms with van der Waals surface area (Å²) in [6.45, 7) is 15.5. The number of rotatable bonds is 8. The van der Waals surface area contributed by atoms with Crippen molar-refractivity contribution in [1.29, 1.82) is 0 Å². The highest BCUT2D eigenvalue weighted by molar-refractivity contribution is 5.79. The van der Waals surface area contributed by atoms with Crippen molar-refractivity contribution in [3.05, 3.63) is 0 Å². The lowest BCUT2D eigenvalue weighted by Gasteiger charge is -2.36. The normalized spacial score (nSPS) is 18.5. The molecule has 1 saturated heterocycles. The maximum Gasteiger partial charge on any atom is 0.193 e. The molecule has 1 fully saturated rings. The summed E-state index contributed by atoms with van der Waals surface area (Å²) in [6.07, 6.45) is 2.42. The molecule has 1 aliphatic heterocycles. The molecule has 0 radical (unpaired) electrons. The number of unbranched alkanes of at least 4 members (excludes halogenated alkanes) is 1. The second-order valence-corrected chi connectivity index (χ2v) is 6.43. The Labute approximate surface area is 137 Å². The van der Waals surface area contributed by atoms with E-state index in [1.807, 2.05) is 0 Å². The van der Waals surface area contributed by atoms with Crippen molar-refractivity contribution in [2.45, 2.75) is 46.6 Å². The number of nitrogens with one attached hydrogen (secondary N) is 1. The summed E-state index contributed by atoms with van der Waals surface area (Å²) in [5.41, 5.74) is 0. The number of morpholine rings is 1. The minimum atomic E-state index is 0.497. The van der Waals surface area contributed by atoms with E-state index in [-0.39, 0.29) is 0 Å². The van der Waals surface area contributed by atoms with E-state index in [0.717, 1.165) is 51.9 Å². The van der Waals surface area contributed by atoms with E-state index in [1.54, 1.807) is 0 Å². The highest BCUT2D eigenvalue weighted by atomic mass is 16.5. The lowest BCUT2D eigenvalue weighted by atomic mass is 10.0. The van der Waals surface area contributed by atoms with Gasteiger partial charge in [-0.3, -0.25) is 9.89 Å². The molecular formula is C17H36N4O. The summed E-state index contributed by atoms with van der Waals surface area (Å²) in [5.74, 6) is 1.64. The summed E-state index contributed by atoms with van der Waals surface area (Å²) in [7, 11) is 2.14. The molecule has 1 atom stereocenters. The first kappa shape index (κ1) is 19.2. The zero-order valence-electron chi connectivity index (χ0n) is 15.3. The molecule has 1 rings (SSSR count). The topological polar surface area (TPSA) is 40.1 Å². The van der Waals surface area contributed by atoms with Crippen molar-refractivity contribution in [2.75, 3.05) is 53.0 Å². The first-order chi connectivity index (χ1) is 10.6. The van der Waals surface area contributed by atoms with Crippen LogP contribution in [0.15, 0.2) is 4.99 Å². The highest BCUT2D eigenvalue weighted by Gasteiger charge is 2.23. The Bertz CT molecular complexity index is 314. The van der Waals surface area contributed by atoms with Gasteiger partial charge < -0.3 is 15.0 Å². The van der Waals surface area contributed by atoms with Crippen molar-refractivity contribution in [1.82, 2.24) is 15.1 Å². The van der Waals surface area contributed by atoms with Crippen LogP contribution in [0.5, 0.6) is 0 Å². The first-order valence-corrected chi connectivity index (χ1v) is 8.91. The predicted octanol–water partition coefficient (Wildman–Crippen LogP) is 2.04. The minimum Gasteiger partial charge on any atom is -0.379 e. The molecule has 22 heavy (non-hydrogen) atoms. The van der Waals surface area contributed by atoms with Gasteiger partial charge in [-0.2, -0.15) is 0 Å². The molecule has 1 N–H and O–H groups in total. The molecule has 5 heteroatoms. The number of nitrogens with zero attached hydrogens (tertiary/aromatic N) is 3. The lowest BCUT2D eigenvalue weighted by Crippen LogP contribution is -2.48. The highest BCUT2D eigenvalue weighted by Crippen LogP contribution is 2.13. The fourth-order valence-electron chi connectivity index (χ4n) is 2.81. The maximum atomic E-state index is 5.48. The third kappa shape index (κ3) is 6.53. The molecule has 1 heterocycles. The van der Waals surface area contributed by atoms with E-state index in [1.165, 1.54) is 12.8 Å². The van der Waals surface area contributed by atoms with Gasteiger partial charge in [-0.05, 0) is 19.3 Å². The zero-order chi connectivity index (χ0) is 16.4. The van der Waals surface area contributed by atoms with E-state index in [9.17, 15) is 0 Å². The summed E-state index contributed by atoms with van der Waals surface area (Å²) in [6, 6.07) is 0.497. The number of hydrogen-bond donors (Lipinski definition) is 1. The van der Waals surface area contributed by atoms with Gasteiger partial charge in [0.05, 0.1) is 19.8 Å². The largest absolute Gasteiger partial charge is 0.379 e. The number of hydrogen-bond acceptors (Lipinski definition) is 3. The number of aliphatic imine (C=N–C) groups is 1. The van der Waals surface area contributed by atoms with Crippen molar-refractivity contribution >= 4 is 5.96 Å². The van der Waals surface area contributed by atoms with Gasteiger partial charge in [0.2, 0.25) is 0 Å². The van der Waals surface area contributed by atoms with E-state index in [4.69, 9.17) is 9.73 Å². The molecule has 0 aromatic carbocycles. The Morgan fingerprint density at radius 2 is 1.95 bits per heavy atom. The van der Waals surface area contributed by atoms with Crippen LogP contribution >= 0.6 is 0 Å². The third-order valence-corrected chi connectivity index (χ3v) is 4.26. The maximum absolute atomic E-state index is 5.48. The molecule has 0 aromatic rings. The molecule has 0 aromatic heterocycles. The summed E-state index contributed by atoms with van der Waals surface area (Å²) >= 11 is 0. The van der Waals surface area contributed by atoms with Crippen LogP contribution in [0.4, 0.5) is 0 Å². The van der Waals surface area contributed by atoms with E-state index >= 15 is 0 Å². The van der Waals surface area contributed by atoms with Crippen LogP contribution in [0.1, 0.15) is 40.5 Å². The standard InChI is InChI=1S/C17H36N4O/c1-6-8-9-20(5)17(18-7-2)19-14-16(15(3)4)21-10-12-22-13-11-21/h15-16H,6-14H2,1-5H3,(H,18,19).